The van der Waals surface area contributed by atoms with Crippen LogP contribution in [0.4, 0.5) is 4.79 Å². The number of nitrogens with zero attached hydrogens (tertiary/aromatic N) is 3. The maximum Gasteiger partial charge on any atom is 0.410 e. The third-order valence-corrected chi connectivity index (χ3v) is 4.37. The Hall–Kier alpha value is -1.56. The summed E-state index contributed by atoms with van der Waals surface area (Å²) < 4.78 is 7.59. The van der Waals surface area contributed by atoms with Gasteiger partial charge in [-0.25, -0.2) is 4.79 Å². The maximum absolute atomic E-state index is 12.4. The standard InChI is InChI=1S/C17H28N4O2/c1-17(2,3)23-16(22)20-9-13(6-7-18)15-14(10-20)11-21(19-15)8-12-4-5-12/h11-13H,4-10,18H2,1-3H3. The molecule has 1 aliphatic carbocycles. The van der Waals surface area contributed by atoms with Crippen molar-refractivity contribution in [3.63, 3.8) is 0 Å². The smallest absolute Gasteiger partial charge is 0.410 e. The molecular weight excluding hydrogens is 292 g/mol. The van der Waals surface area contributed by atoms with Crippen LogP contribution in [-0.2, 0) is 17.8 Å². The summed E-state index contributed by atoms with van der Waals surface area (Å²) >= 11 is 0. The van der Waals surface area contributed by atoms with E-state index in [4.69, 9.17) is 15.6 Å². The van der Waals surface area contributed by atoms with Gasteiger partial charge in [0.05, 0.1) is 12.2 Å². The van der Waals surface area contributed by atoms with E-state index in [1.807, 2.05) is 20.8 Å². The zero-order chi connectivity index (χ0) is 16.6. The van der Waals surface area contributed by atoms with E-state index in [-0.39, 0.29) is 12.0 Å². The number of aromatic nitrogens is 2. The van der Waals surface area contributed by atoms with Gasteiger partial charge in [-0.05, 0) is 52.5 Å². The highest BCUT2D eigenvalue weighted by atomic mass is 16.6. The molecule has 0 radical (unpaired) electrons. The van der Waals surface area contributed by atoms with E-state index >= 15 is 0 Å². The first-order chi connectivity index (χ1) is 10.9. The number of rotatable bonds is 4. The summed E-state index contributed by atoms with van der Waals surface area (Å²) in [4.78, 5) is 14.2. The molecule has 0 saturated heterocycles. The van der Waals surface area contributed by atoms with Crippen LogP contribution in [0.3, 0.4) is 0 Å². The van der Waals surface area contributed by atoms with Crippen LogP contribution >= 0.6 is 0 Å². The fraction of sp³-hybridized carbons (Fsp3) is 0.765. The summed E-state index contributed by atoms with van der Waals surface area (Å²) in [5, 5.41) is 4.78. The molecule has 0 aromatic carbocycles. The Balaban J connectivity index is 1.76. The molecule has 6 nitrogen and oxygen atoms in total. The van der Waals surface area contributed by atoms with Crippen molar-refractivity contribution in [3.8, 4) is 0 Å². The second-order valence-electron chi connectivity index (χ2n) is 7.84. The zero-order valence-electron chi connectivity index (χ0n) is 14.4. The largest absolute Gasteiger partial charge is 0.444 e. The molecule has 1 unspecified atom stereocenters. The van der Waals surface area contributed by atoms with E-state index in [1.54, 1.807) is 4.90 Å². The predicted octanol–water partition coefficient (Wildman–Crippen LogP) is 2.48. The van der Waals surface area contributed by atoms with Crippen molar-refractivity contribution in [2.75, 3.05) is 13.1 Å². The van der Waals surface area contributed by atoms with Gasteiger partial charge in [0.1, 0.15) is 5.60 Å². The minimum Gasteiger partial charge on any atom is -0.444 e. The van der Waals surface area contributed by atoms with E-state index in [0.717, 1.165) is 30.1 Å². The number of nitrogens with two attached hydrogens (primary N) is 1. The van der Waals surface area contributed by atoms with Crippen LogP contribution in [0.5, 0.6) is 0 Å². The SMILES string of the molecule is CC(C)(C)OC(=O)N1Cc2cn(CC3CC3)nc2C(CCN)C1. The van der Waals surface area contributed by atoms with Crippen molar-refractivity contribution in [2.45, 2.75) is 64.6 Å². The normalized spacial score (nSPS) is 21.2. The first-order valence-corrected chi connectivity index (χ1v) is 8.60. The third-order valence-electron chi connectivity index (χ3n) is 4.37. The number of hydrogen-bond donors (Lipinski definition) is 1. The van der Waals surface area contributed by atoms with Crippen LogP contribution in [-0.4, -0.2) is 39.5 Å². The van der Waals surface area contributed by atoms with Gasteiger partial charge in [0.15, 0.2) is 0 Å². The minimum absolute atomic E-state index is 0.205. The van der Waals surface area contributed by atoms with Gasteiger partial charge < -0.3 is 15.4 Å². The Morgan fingerprint density at radius 1 is 1.43 bits per heavy atom. The second-order valence-corrected chi connectivity index (χ2v) is 7.84. The molecule has 0 spiro atoms. The topological polar surface area (TPSA) is 73.4 Å². The van der Waals surface area contributed by atoms with Gasteiger partial charge >= 0.3 is 6.09 Å². The lowest BCUT2D eigenvalue weighted by Crippen LogP contribution is -2.41. The monoisotopic (exact) mass is 320 g/mol. The highest BCUT2D eigenvalue weighted by molar-refractivity contribution is 5.68. The lowest BCUT2D eigenvalue weighted by molar-refractivity contribution is 0.0203. The van der Waals surface area contributed by atoms with Crippen molar-refractivity contribution in [1.82, 2.24) is 14.7 Å². The Labute approximate surface area is 138 Å². The average molecular weight is 320 g/mol. The highest BCUT2D eigenvalue weighted by Crippen LogP contribution is 2.33. The first-order valence-electron chi connectivity index (χ1n) is 8.60. The summed E-state index contributed by atoms with van der Waals surface area (Å²) in [7, 11) is 0. The molecule has 2 aliphatic rings. The van der Waals surface area contributed by atoms with Crippen molar-refractivity contribution in [3.05, 3.63) is 17.5 Å². The Morgan fingerprint density at radius 3 is 2.78 bits per heavy atom. The highest BCUT2D eigenvalue weighted by Gasteiger charge is 2.33. The van der Waals surface area contributed by atoms with Gasteiger partial charge in [-0.1, -0.05) is 0 Å². The van der Waals surface area contributed by atoms with Crippen LogP contribution in [0.15, 0.2) is 6.20 Å². The van der Waals surface area contributed by atoms with Crippen molar-refractivity contribution in [2.24, 2.45) is 11.7 Å². The summed E-state index contributed by atoms with van der Waals surface area (Å²) in [5.74, 6) is 0.989. The number of hydrogen-bond acceptors (Lipinski definition) is 4. The molecule has 1 aliphatic heterocycles. The Kier molecular flexibility index (Phi) is 4.36. The molecule has 6 heteroatoms. The van der Waals surface area contributed by atoms with E-state index in [9.17, 15) is 4.79 Å². The zero-order valence-corrected chi connectivity index (χ0v) is 14.4. The minimum atomic E-state index is -0.475. The second kappa shape index (κ2) is 6.15. The lowest BCUT2D eigenvalue weighted by atomic mass is 9.94. The quantitative estimate of drug-likeness (QED) is 0.925. The maximum atomic E-state index is 12.4. The van der Waals surface area contributed by atoms with Crippen molar-refractivity contribution in [1.29, 1.82) is 0 Å². The average Bonchev–Trinajstić information content (AvgIpc) is 3.14. The number of carbonyl (C=O) groups excluding carboxylic acids is 1. The van der Waals surface area contributed by atoms with Crippen LogP contribution in [0.2, 0.25) is 0 Å². The molecule has 23 heavy (non-hydrogen) atoms. The van der Waals surface area contributed by atoms with Gasteiger partial charge in [0.25, 0.3) is 0 Å². The molecule has 3 rings (SSSR count). The number of fused-ring (bicyclic) bond motifs is 1. The van der Waals surface area contributed by atoms with E-state index in [2.05, 4.69) is 10.9 Å². The summed E-state index contributed by atoms with van der Waals surface area (Å²) in [6, 6.07) is 0. The van der Waals surface area contributed by atoms with Gasteiger partial charge in [-0.2, -0.15) is 5.10 Å². The summed E-state index contributed by atoms with van der Waals surface area (Å²) in [6.45, 7) is 8.49. The Morgan fingerprint density at radius 2 is 2.17 bits per heavy atom. The molecule has 128 valence electrons. The van der Waals surface area contributed by atoms with Gasteiger partial charge in [-0.15, -0.1) is 0 Å². The summed E-state index contributed by atoms with van der Waals surface area (Å²) in [6.07, 6.45) is 5.31. The predicted molar refractivity (Wildman–Crippen MR) is 88.0 cm³/mol. The van der Waals surface area contributed by atoms with Gasteiger partial charge in [-0.3, -0.25) is 4.68 Å². The Bertz CT molecular complexity index is 572. The lowest BCUT2D eigenvalue weighted by Gasteiger charge is -2.33. The first kappa shape index (κ1) is 16.3. The van der Waals surface area contributed by atoms with Crippen LogP contribution in [0.1, 0.15) is 57.2 Å². The van der Waals surface area contributed by atoms with E-state index in [0.29, 0.717) is 19.6 Å². The van der Waals surface area contributed by atoms with Crippen molar-refractivity contribution >= 4 is 6.09 Å². The molecule has 2 heterocycles. The molecule has 0 bridgehead atoms. The third kappa shape index (κ3) is 4.05. The number of carbonyl (C=O) groups is 1. The van der Waals surface area contributed by atoms with Crippen molar-refractivity contribution < 1.29 is 9.53 Å². The van der Waals surface area contributed by atoms with Gasteiger partial charge in [0.2, 0.25) is 0 Å². The molecule has 1 atom stereocenters. The fourth-order valence-corrected chi connectivity index (χ4v) is 3.12. The molecule has 2 N–H and O–H groups in total. The van der Waals surface area contributed by atoms with Gasteiger partial charge in [0, 0.05) is 30.8 Å². The summed E-state index contributed by atoms with van der Waals surface area (Å²) in [5.41, 5.74) is 7.55. The van der Waals surface area contributed by atoms with Crippen LogP contribution in [0, 0.1) is 5.92 Å². The molecule has 1 saturated carbocycles. The fourth-order valence-electron chi connectivity index (χ4n) is 3.12. The molecule has 1 aromatic heterocycles. The molecule has 1 fully saturated rings. The van der Waals surface area contributed by atoms with Crippen LogP contribution in [0.25, 0.3) is 0 Å². The molecule has 1 aromatic rings. The van der Waals surface area contributed by atoms with Crippen LogP contribution < -0.4 is 5.73 Å². The van der Waals surface area contributed by atoms with E-state index in [1.165, 1.54) is 12.8 Å². The number of amides is 1. The van der Waals surface area contributed by atoms with E-state index < -0.39 is 5.60 Å². The molecule has 1 amide bonds. The number of ether oxygens (including phenoxy) is 1. The molecular formula is C17H28N4O2.